The van der Waals surface area contributed by atoms with E-state index in [0.717, 1.165) is 17.3 Å². The number of aromatic nitrogens is 1. The van der Waals surface area contributed by atoms with Crippen LogP contribution in [0.4, 0.5) is 4.39 Å². The largest absolute Gasteiger partial charge is 0.484 e. The summed E-state index contributed by atoms with van der Waals surface area (Å²) < 4.78 is 18.7. The molecule has 1 aromatic heterocycles. The number of carbonyl (C=O) groups excluding carboxylic acids is 2. The van der Waals surface area contributed by atoms with Gasteiger partial charge in [-0.1, -0.05) is 11.6 Å². The summed E-state index contributed by atoms with van der Waals surface area (Å²) in [5.41, 5.74) is 1.60. The number of nitrogens with zero attached hydrogens (tertiary/aromatic N) is 1. The highest BCUT2D eigenvalue weighted by Gasteiger charge is 2.50. The van der Waals surface area contributed by atoms with E-state index in [2.05, 4.69) is 15.6 Å². The van der Waals surface area contributed by atoms with E-state index in [4.69, 9.17) is 16.3 Å². The first-order valence-corrected chi connectivity index (χ1v) is 10.5. The minimum Gasteiger partial charge on any atom is -0.484 e. The van der Waals surface area contributed by atoms with Gasteiger partial charge in [0.05, 0.1) is 16.7 Å². The van der Waals surface area contributed by atoms with Gasteiger partial charge in [-0.2, -0.15) is 0 Å². The summed E-state index contributed by atoms with van der Waals surface area (Å²) in [6, 6.07) is 3.90. The van der Waals surface area contributed by atoms with Crippen molar-refractivity contribution in [2.75, 3.05) is 6.61 Å². The normalized spacial score (nSPS) is 22.3. The number of thiazole rings is 1. The van der Waals surface area contributed by atoms with Crippen LogP contribution >= 0.6 is 22.9 Å². The molecule has 1 saturated carbocycles. The number of halogens is 2. The van der Waals surface area contributed by atoms with Gasteiger partial charge in [-0.05, 0) is 37.5 Å². The van der Waals surface area contributed by atoms with Crippen molar-refractivity contribution in [3.63, 3.8) is 0 Å². The molecule has 1 aromatic carbocycles. The molecule has 5 rings (SSSR count). The molecule has 0 spiro atoms. The standard InChI is InChI=1S/C20H19ClFN3O4S/c1-10-9-30-19(23-10)18(28)25-20-5-11(6-20)17(15(26)7-20)24-16(27)8-29-12-2-3-13(21)14(22)4-12/h2-4,9,15,26H,5-8H2,1H3,(H,24,27)(H,25,28)/t15-/m0/s1. The monoisotopic (exact) mass is 451 g/mol. The van der Waals surface area contributed by atoms with Crippen molar-refractivity contribution in [1.29, 1.82) is 0 Å². The number of rotatable bonds is 6. The second-order valence-electron chi connectivity index (χ2n) is 7.53. The Labute approximate surface area is 180 Å². The van der Waals surface area contributed by atoms with Gasteiger partial charge in [-0.15, -0.1) is 11.3 Å². The Balaban J connectivity index is 1.33. The fraction of sp³-hybridized carbons (Fsp3) is 0.350. The highest BCUT2D eigenvalue weighted by molar-refractivity contribution is 7.11. The van der Waals surface area contributed by atoms with Crippen molar-refractivity contribution in [3.05, 3.63) is 56.4 Å². The Kier molecular flexibility index (Phi) is 5.52. The Hall–Kier alpha value is -2.49. The topological polar surface area (TPSA) is 101 Å². The lowest BCUT2D eigenvalue weighted by molar-refractivity contribution is -0.123. The molecule has 0 radical (unpaired) electrons. The summed E-state index contributed by atoms with van der Waals surface area (Å²) in [5.74, 6) is -1.18. The molecule has 10 heteroatoms. The Morgan fingerprint density at radius 1 is 1.43 bits per heavy atom. The Morgan fingerprint density at radius 2 is 2.20 bits per heavy atom. The molecule has 1 heterocycles. The summed E-state index contributed by atoms with van der Waals surface area (Å²) >= 11 is 6.89. The first-order chi connectivity index (χ1) is 14.2. The molecule has 7 nitrogen and oxygen atoms in total. The molecule has 2 amide bonds. The molecule has 0 unspecified atom stereocenters. The smallest absolute Gasteiger partial charge is 0.280 e. The van der Waals surface area contributed by atoms with Crippen LogP contribution in [0.5, 0.6) is 5.75 Å². The average molecular weight is 452 g/mol. The van der Waals surface area contributed by atoms with Crippen molar-refractivity contribution < 1.29 is 23.8 Å². The molecule has 3 aliphatic rings. The maximum atomic E-state index is 13.4. The number of hydrogen-bond donors (Lipinski definition) is 3. The number of aliphatic hydroxyl groups is 1. The predicted molar refractivity (Wildman–Crippen MR) is 109 cm³/mol. The quantitative estimate of drug-likeness (QED) is 0.627. The predicted octanol–water partition coefficient (Wildman–Crippen LogP) is 2.72. The molecule has 3 N–H and O–H groups in total. The first kappa shape index (κ1) is 20.8. The number of nitrogens with one attached hydrogen (secondary N) is 2. The lowest BCUT2D eigenvalue weighted by Gasteiger charge is -2.51. The average Bonchev–Trinajstić information content (AvgIpc) is 3.10. The molecule has 2 aromatic rings. The minimum absolute atomic E-state index is 0.0327. The zero-order chi connectivity index (χ0) is 21.5. The SMILES string of the molecule is Cc1csc(C(=O)NC23CC(=C(NC(=O)COc4ccc(Cl)c(F)c4)[C@@H](O)C2)C3)n1. The van der Waals surface area contributed by atoms with E-state index in [0.29, 0.717) is 30.0 Å². The van der Waals surface area contributed by atoms with Gasteiger partial charge < -0.3 is 20.5 Å². The Bertz CT molecular complexity index is 1050. The highest BCUT2D eigenvalue weighted by atomic mass is 35.5. The van der Waals surface area contributed by atoms with Crippen LogP contribution in [-0.4, -0.2) is 40.2 Å². The molecule has 0 saturated heterocycles. The van der Waals surface area contributed by atoms with E-state index in [1.165, 1.54) is 23.5 Å². The first-order valence-electron chi connectivity index (χ1n) is 9.27. The lowest BCUT2D eigenvalue weighted by atomic mass is 9.63. The Morgan fingerprint density at radius 3 is 2.83 bits per heavy atom. The van der Waals surface area contributed by atoms with Gasteiger partial charge in [-0.25, -0.2) is 9.37 Å². The maximum Gasteiger partial charge on any atom is 0.280 e. The van der Waals surface area contributed by atoms with Crippen LogP contribution < -0.4 is 15.4 Å². The van der Waals surface area contributed by atoms with Crippen molar-refractivity contribution >= 4 is 34.8 Å². The van der Waals surface area contributed by atoms with Crippen LogP contribution in [0.3, 0.4) is 0 Å². The summed E-state index contributed by atoms with van der Waals surface area (Å²) in [4.78, 5) is 28.8. The fourth-order valence-electron chi connectivity index (χ4n) is 3.77. The minimum atomic E-state index is -0.905. The maximum absolute atomic E-state index is 13.4. The van der Waals surface area contributed by atoms with Crippen LogP contribution in [-0.2, 0) is 4.79 Å². The van der Waals surface area contributed by atoms with Crippen molar-refractivity contribution in [2.45, 2.75) is 37.8 Å². The van der Waals surface area contributed by atoms with Crippen LogP contribution in [0, 0.1) is 12.7 Å². The van der Waals surface area contributed by atoms with Crippen LogP contribution in [0.1, 0.15) is 34.8 Å². The van der Waals surface area contributed by atoms with E-state index in [9.17, 15) is 19.1 Å². The van der Waals surface area contributed by atoms with Gasteiger partial charge in [0.15, 0.2) is 11.6 Å². The van der Waals surface area contributed by atoms with Crippen LogP contribution in [0.2, 0.25) is 5.02 Å². The summed E-state index contributed by atoms with van der Waals surface area (Å²) in [6.07, 6.45) is 0.501. The molecule has 1 atom stereocenters. The number of fused-ring (bicyclic) bond motifs is 2. The van der Waals surface area contributed by atoms with E-state index in [-0.39, 0.29) is 23.3 Å². The van der Waals surface area contributed by atoms with Gasteiger partial charge >= 0.3 is 0 Å². The zero-order valence-corrected chi connectivity index (χ0v) is 17.6. The third-order valence-corrected chi connectivity index (χ3v) is 6.39. The summed E-state index contributed by atoms with van der Waals surface area (Å²) in [6.45, 7) is 1.48. The fourth-order valence-corrected chi connectivity index (χ4v) is 4.58. The number of amides is 2. The number of aryl methyl sites for hydroxylation is 1. The number of aliphatic hydroxyl groups excluding tert-OH is 1. The second kappa shape index (κ2) is 7.98. The van der Waals surface area contributed by atoms with E-state index in [1.807, 2.05) is 12.3 Å². The summed E-state index contributed by atoms with van der Waals surface area (Å²) in [7, 11) is 0. The number of carbonyl (C=O) groups is 2. The van der Waals surface area contributed by atoms with Crippen molar-refractivity contribution in [1.82, 2.24) is 15.6 Å². The van der Waals surface area contributed by atoms with Gasteiger partial charge in [-0.3, -0.25) is 9.59 Å². The van der Waals surface area contributed by atoms with Crippen molar-refractivity contribution in [3.8, 4) is 5.75 Å². The third-order valence-electron chi connectivity index (χ3n) is 5.13. The van der Waals surface area contributed by atoms with Crippen LogP contribution in [0.15, 0.2) is 34.8 Å². The number of ether oxygens (including phenoxy) is 1. The molecule has 30 heavy (non-hydrogen) atoms. The summed E-state index contributed by atoms with van der Waals surface area (Å²) in [5, 5.41) is 18.3. The van der Waals surface area contributed by atoms with Gasteiger partial charge in [0.1, 0.15) is 11.6 Å². The van der Waals surface area contributed by atoms with Gasteiger partial charge in [0.2, 0.25) is 0 Å². The van der Waals surface area contributed by atoms with Crippen molar-refractivity contribution in [2.24, 2.45) is 0 Å². The molecule has 3 aliphatic carbocycles. The molecule has 1 fully saturated rings. The molecular weight excluding hydrogens is 433 g/mol. The van der Waals surface area contributed by atoms with E-state index < -0.39 is 23.4 Å². The molecule has 2 bridgehead atoms. The van der Waals surface area contributed by atoms with Crippen LogP contribution in [0.25, 0.3) is 0 Å². The lowest BCUT2D eigenvalue weighted by Crippen LogP contribution is -2.61. The number of benzene rings is 1. The zero-order valence-electron chi connectivity index (χ0n) is 16.0. The second-order valence-corrected chi connectivity index (χ2v) is 8.80. The highest BCUT2D eigenvalue weighted by Crippen LogP contribution is 2.48. The molecule has 0 aliphatic heterocycles. The van der Waals surface area contributed by atoms with E-state index in [1.54, 1.807) is 0 Å². The molecular formula is C20H19ClFN3O4S. The number of hydrogen-bond acceptors (Lipinski definition) is 6. The van der Waals surface area contributed by atoms with E-state index >= 15 is 0 Å². The third kappa shape index (κ3) is 4.19. The molecule has 158 valence electrons. The van der Waals surface area contributed by atoms with Gasteiger partial charge in [0.25, 0.3) is 11.8 Å². The van der Waals surface area contributed by atoms with Gasteiger partial charge in [0, 0.05) is 29.3 Å².